The zero-order chi connectivity index (χ0) is 44.4. The summed E-state index contributed by atoms with van der Waals surface area (Å²) in [6.45, 7) is 0.455. The number of likely N-dealkylation sites (tertiary alicyclic amines) is 1. The van der Waals surface area contributed by atoms with Crippen molar-refractivity contribution >= 4 is 46.4 Å². The van der Waals surface area contributed by atoms with Crippen molar-refractivity contribution in [2.24, 2.45) is 0 Å². The lowest BCUT2D eigenvalue weighted by atomic mass is 9.77. The van der Waals surface area contributed by atoms with Gasteiger partial charge in [0, 0.05) is 60.6 Å². The number of carbonyl (C=O) groups is 4. The Labute approximate surface area is 365 Å². The number of aliphatic hydroxyl groups is 1. The van der Waals surface area contributed by atoms with E-state index in [-0.39, 0.29) is 91.6 Å². The normalized spacial score (nSPS) is 24.1. The molecule has 0 unspecified atom stereocenters. The average Bonchev–Trinajstić information content (AvgIpc) is 3.98. The first-order valence-corrected chi connectivity index (χ1v) is 23.0. The average molecular weight is 890 g/mol. The number of benzene rings is 1. The number of aliphatic carboxylic acids is 1. The van der Waals surface area contributed by atoms with Crippen molar-refractivity contribution in [1.82, 2.24) is 25.3 Å². The van der Waals surface area contributed by atoms with Crippen LogP contribution >= 0.6 is 22.7 Å². The van der Waals surface area contributed by atoms with Crippen molar-refractivity contribution in [1.29, 1.82) is 0 Å². The third-order valence-electron chi connectivity index (χ3n) is 13.1. The zero-order valence-corrected chi connectivity index (χ0v) is 37.4. The minimum absolute atomic E-state index is 0.00435. The standard InChI is InChI=1S/C28H36F3N3O3S.C17H26N2O3S/c1-33(2)26(23-7-4-18-38-23)12-10-22(11-13-26)32-24(35)8-9-25(36)34-16-14-27(37,15-17-34)20-5-3-6-21(19-20)28(29,30)31;1-19(2)17(14-5-4-12-23-14)10-8-13(9-11-17)18-15(20)6-3-7-16(21)22/h3-7,18-19,22,37H,8-17H2,1-2H3,(H,32,35);4-5,12-13H,3,6-11H2,1-2H3,(H,18,20)(H,21,22). The molecule has 3 aromatic rings. The van der Waals surface area contributed by atoms with Gasteiger partial charge in [-0.1, -0.05) is 24.3 Å². The molecular weight excluding hydrogens is 828 g/mol. The highest BCUT2D eigenvalue weighted by atomic mass is 32.1. The van der Waals surface area contributed by atoms with Gasteiger partial charge in [0.25, 0.3) is 0 Å². The third-order valence-corrected chi connectivity index (χ3v) is 15.2. The van der Waals surface area contributed by atoms with E-state index in [1.165, 1.54) is 21.9 Å². The Morgan fingerprint density at radius 1 is 0.721 bits per heavy atom. The molecule has 2 aromatic heterocycles. The SMILES string of the molecule is CN(C)C1(c2cccs2)CCC(NC(=O)CCC(=O)N2CCC(O)(c3cccc(C(F)(F)F)c3)CC2)CC1.CN(C)C1(c2cccs2)CCC(NC(=O)CCCC(=O)O)CC1. The summed E-state index contributed by atoms with van der Waals surface area (Å²) < 4.78 is 39.2. The van der Waals surface area contributed by atoms with Crippen LogP contribution in [0.4, 0.5) is 13.2 Å². The van der Waals surface area contributed by atoms with Gasteiger partial charge in [-0.25, -0.2) is 0 Å². The van der Waals surface area contributed by atoms with Gasteiger partial charge >= 0.3 is 12.1 Å². The Balaban J connectivity index is 0.000000262. The molecule has 16 heteroatoms. The molecule has 0 bridgehead atoms. The van der Waals surface area contributed by atoms with E-state index in [2.05, 4.69) is 83.6 Å². The molecule has 3 fully saturated rings. The van der Waals surface area contributed by atoms with Crippen LogP contribution in [0.5, 0.6) is 0 Å². The van der Waals surface area contributed by atoms with Gasteiger partial charge in [-0.2, -0.15) is 13.2 Å². The number of halogens is 3. The summed E-state index contributed by atoms with van der Waals surface area (Å²) in [7, 11) is 8.46. The van der Waals surface area contributed by atoms with E-state index in [4.69, 9.17) is 5.11 Å². The topological polar surface area (TPSA) is 143 Å². The second-order valence-electron chi connectivity index (χ2n) is 17.2. The molecule has 0 atom stereocenters. The predicted molar refractivity (Wildman–Crippen MR) is 232 cm³/mol. The molecule has 1 aliphatic heterocycles. The highest BCUT2D eigenvalue weighted by molar-refractivity contribution is 7.10. The van der Waals surface area contributed by atoms with E-state index in [9.17, 15) is 37.5 Å². The molecule has 3 amide bonds. The van der Waals surface area contributed by atoms with Gasteiger partial charge in [0.1, 0.15) is 0 Å². The number of alkyl halides is 3. The molecule has 1 aromatic carbocycles. The fraction of sp³-hybridized carbons (Fsp3) is 0.600. The number of nitrogens with zero attached hydrogens (tertiary/aromatic N) is 3. The Hall–Kier alpha value is -3.83. The number of hydrogen-bond donors (Lipinski definition) is 4. The van der Waals surface area contributed by atoms with Crippen molar-refractivity contribution in [3.63, 3.8) is 0 Å². The number of thiophene rings is 2. The minimum Gasteiger partial charge on any atom is -0.481 e. The minimum atomic E-state index is -4.49. The van der Waals surface area contributed by atoms with Crippen LogP contribution in [0.2, 0.25) is 0 Å². The quantitative estimate of drug-likeness (QED) is 0.129. The first kappa shape index (κ1) is 48.2. The van der Waals surface area contributed by atoms with Crippen LogP contribution in [0.1, 0.15) is 117 Å². The molecule has 1 saturated heterocycles. The van der Waals surface area contributed by atoms with E-state index in [1.807, 2.05) is 0 Å². The summed E-state index contributed by atoms with van der Waals surface area (Å²) in [6, 6.07) is 13.6. The molecule has 61 heavy (non-hydrogen) atoms. The number of carbonyl (C=O) groups excluding carboxylic acids is 3. The number of carboxylic acid groups (broad SMARTS) is 1. The third kappa shape index (κ3) is 12.4. The molecular formula is C45H62F3N5O6S2. The molecule has 3 aliphatic rings. The molecule has 11 nitrogen and oxygen atoms in total. The Bertz CT molecular complexity index is 1880. The summed E-state index contributed by atoms with van der Waals surface area (Å²) in [5.74, 6) is -1.19. The van der Waals surface area contributed by atoms with Crippen LogP contribution in [0.3, 0.4) is 0 Å². The lowest BCUT2D eigenvalue weighted by Gasteiger charge is -2.44. The predicted octanol–water partition coefficient (Wildman–Crippen LogP) is 7.69. The lowest BCUT2D eigenvalue weighted by molar-refractivity contribution is -0.139. The monoisotopic (exact) mass is 889 g/mol. The molecule has 336 valence electrons. The first-order chi connectivity index (χ1) is 28.9. The van der Waals surface area contributed by atoms with E-state index in [0.717, 1.165) is 63.5 Å². The van der Waals surface area contributed by atoms with Crippen LogP contribution in [0.15, 0.2) is 59.3 Å². The highest BCUT2D eigenvalue weighted by Crippen LogP contribution is 2.44. The summed E-state index contributed by atoms with van der Waals surface area (Å²) in [5.41, 5.74) is -1.93. The van der Waals surface area contributed by atoms with Crippen molar-refractivity contribution < 1.29 is 42.6 Å². The van der Waals surface area contributed by atoms with E-state index in [0.29, 0.717) is 12.8 Å². The maximum Gasteiger partial charge on any atom is 0.416 e. The Morgan fingerprint density at radius 3 is 1.64 bits per heavy atom. The van der Waals surface area contributed by atoms with Crippen molar-refractivity contribution in [2.45, 2.75) is 131 Å². The van der Waals surface area contributed by atoms with Crippen LogP contribution in [-0.4, -0.2) is 102 Å². The van der Waals surface area contributed by atoms with Crippen LogP contribution in [-0.2, 0) is 42.0 Å². The number of rotatable bonds is 14. The van der Waals surface area contributed by atoms with Gasteiger partial charge in [0.15, 0.2) is 0 Å². The Morgan fingerprint density at radius 2 is 1.21 bits per heavy atom. The van der Waals surface area contributed by atoms with Gasteiger partial charge in [-0.3, -0.25) is 29.0 Å². The number of hydrogen-bond acceptors (Lipinski definition) is 9. The van der Waals surface area contributed by atoms with Gasteiger partial charge in [-0.05, 0) is 139 Å². The smallest absolute Gasteiger partial charge is 0.416 e. The van der Waals surface area contributed by atoms with Crippen LogP contribution in [0, 0.1) is 0 Å². The van der Waals surface area contributed by atoms with Gasteiger partial charge < -0.3 is 25.7 Å². The molecule has 0 spiro atoms. The second kappa shape index (κ2) is 21.0. The molecule has 4 N–H and O–H groups in total. The summed E-state index contributed by atoms with van der Waals surface area (Å²) in [5, 5.41) is 30.0. The summed E-state index contributed by atoms with van der Waals surface area (Å²) in [4.78, 5) is 56.6. The van der Waals surface area contributed by atoms with E-state index < -0.39 is 23.3 Å². The zero-order valence-electron chi connectivity index (χ0n) is 35.8. The number of amides is 3. The van der Waals surface area contributed by atoms with Crippen molar-refractivity contribution in [3.05, 3.63) is 80.2 Å². The maximum absolute atomic E-state index is 13.1. The number of piperidine rings is 1. The maximum atomic E-state index is 13.1. The van der Waals surface area contributed by atoms with Gasteiger partial charge in [0.2, 0.25) is 17.7 Å². The van der Waals surface area contributed by atoms with E-state index in [1.54, 1.807) is 27.6 Å². The molecule has 3 heterocycles. The fourth-order valence-corrected chi connectivity index (χ4v) is 11.3. The van der Waals surface area contributed by atoms with Crippen LogP contribution in [0.25, 0.3) is 0 Å². The summed E-state index contributed by atoms with van der Waals surface area (Å²) in [6.07, 6.45) is 4.34. The molecule has 6 rings (SSSR count). The molecule has 0 radical (unpaired) electrons. The highest BCUT2D eigenvalue weighted by Gasteiger charge is 2.42. The first-order valence-electron chi connectivity index (χ1n) is 21.3. The van der Waals surface area contributed by atoms with Gasteiger partial charge in [-0.15, -0.1) is 22.7 Å². The van der Waals surface area contributed by atoms with Gasteiger partial charge in [0.05, 0.1) is 22.2 Å². The lowest BCUT2D eigenvalue weighted by Crippen LogP contribution is -2.48. The molecule has 2 saturated carbocycles. The number of nitrogens with one attached hydrogen (secondary N) is 2. The largest absolute Gasteiger partial charge is 0.481 e. The second-order valence-corrected chi connectivity index (χ2v) is 19.1. The van der Waals surface area contributed by atoms with Crippen molar-refractivity contribution in [2.75, 3.05) is 41.3 Å². The Kier molecular flexibility index (Phi) is 16.6. The molecule has 2 aliphatic carbocycles. The summed E-state index contributed by atoms with van der Waals surface area (Å²) >= 11 is 3.57. The van der Waals surface area contributed by atoms with Crippen molar-refractivity contribution in [3.8, 4) is 0 Å². The van der Waals surface area contributed by atoms with E-state index >= 15 is 0 Å². The van der Waals surface area contributed by atoms with Crippen LogP contribution < -0.4 is 10.6 Å². The fourth-order valence-electron chi connectivity index (χ4n) is 9.17. The number of carboxylic acids is 1.